The molecule has 2 aromatic carbocycles. The lowest BCUT2D eigenvalue weighted by Crippen LogP contribution is -2.23. The second kappa shape index (κ2) is 7.54. The molecule has 0 atom stereocenters. The van der Waals surface area contributed by atoms with Crippen molar-refractivity contribution in [2.24, 2.45) is 0 Å². The van der Waals surface area contributed by atoms with Crippen LogP contribution in [-0.2, 0) is 11.3 Å². The Kier molecular flexibility index (Phi) is 4.92. The summed E-state index contributed by atoms with van der Waals surface area (Å²) in [5, 5.41) is 2.91. The van der Waals surface area contributed by atoms with Crippen LogP contribution in [0.4, 0.5) is 10.1 Å². The molecule has 0 radical (unpaired) electrons. The van der Waals surface area contributed by atoms with Gasteiger partial charge in [0.25, 0.3) is 5.56 Å². The Balaban J connectivity index is 1.54. The average molecular weight is 391 g/mol. The number of aromatic nitrogens is 2. The van der Waals surface area contributed by atoms with Gasteiger partial charge in [-0.3, -0.25) is 9.59 Å². The normalized spacial score (nSPS) is 11.3. The second-order valence-corrected chi connectivity index (χ2v) is 7.38. The zero-order valence-corrected chi connectivity index (χ0v) is 16.4. The summed E-state index contributed by atoms with van der Waals surface area (Å²) in [4.78, 5) is 25.2. The number of aryl methyl sites for hydroxylation is 3. The molecule has 1 N–H and O–H groups in total. The number of nitrogens with zero attached hydrogens (tertiary/aromatic N) is 2. The van der Waals surface area contributed by atoms with E-state index in [9.17, 15) is 14.0 Å². The van der Waals surface area contributed by atoms with Gasteiger partial charge in [-0.05, 0) is 73.9 Å². The smallest absolute Gasteiger partial charge is 0.275 e. The molecule has 148 valence electrons. The molecular formula is C23H22FN3O2. The van der Waals surface area contributed by atoms with Gasteiger partial charge >= 0.3 is 0 Å². The lowest BCUT2D eigenvalue weighted by Gasteiger charge is -2.13. The SMILES string of the molecule is Cc1cc(C)cc(NC(=O)CCCn2c(=O)c3cccn3c3ccc(F)cc32)c1. The number of amides is 1. The van der Waals surface area contributed by atoms with Crippen LogP contribution >= 0.6 is 0 Å². The van der Waals surface area contributed by atoms with Crippen molar-refractivity contribution in [2.45, 2.75) is 33.2 Å². The molecule has 0 spiro atoms. The molecule has 2 heterocycles. The molecule has 0 aliphatic rings. The zero-order valence-electron chi connectivity index (χ0n) is 16.4. The van der Waals surface area contributed by atoms with Crippen LogP contribution in [0.1, 0.15) is 24.0 Å². The predicted molar refractivity (Wildman–Crippen MR) is 113 cm³/mol. The zero-order chi connectivity index (χ0) is 20.5. The van der Waals surface area contributed by atoms with Gasteiger partial charge in [0.1, 0.15) is 11.3 Å². The third kappa shape index (κ3) is 3.78. The van der Waals surface area contributed by atoms with Crippen LogP contribution in [0.2, 0.25) is 0 Å². The minimum Gasteiger partial charge on any atom is -0.326 e. The number of fused-ring (bicyclic) bond motifs is 3. The number of carbonyl (C=O) groups is 1. The molecule has 0 unspecified atom stereocenters. The summed E-state index contributed by atoms with van der Waals surface area (Å²) < 4.78 is 17.2. The molecule has 0 aliphatic heterocycles. The maximum Gasteiger partial charge on any atom is 0.275 e. The molecule has 0 aliphatic carbocycles. The molecule has 1 amide bonds. The summed E-state index contributed by atoms with van der Waals surface area (Å²) >= 11 is 0. The predicted octanol–water partition coefficient (Wildman–Crippen LogP) is 4.43. The van der Waals surface area contributed by atoms with Crippen LogP contribution in [0.3, 0.4) is 0 Å². The number of nitrogens with one attached hydrogen (secondary N) is 1. The summed E-state index contributed by atoms with van der Waals surface area (Å²) in [5.74, 6) is -0.507. The highest BCUT2D eigenvalue weighted by Gasteiger charge is 2.12. The van der Waals surface area contributed by atoms with E-state index in [0.29, 0.717) is 24.0 Å². The molecule has 0 saturated heterocycles. The quantitative estimate of drug-likeness (QED) is 0.547. The van der Waals surface area contributed by atoms with Crippen molar-refractivity contribution in [2.75, 3.05) is 5.32 Å². The Morgan fingerprint density at radius 3 is 2.52 bits per heavy atom. The van der Waals surface area contributed by atoms with Gasteiger partial charge in [0.05, 0.1) is 11.0 Å². The summed E-state index contributed by atoms with van der Waals surface area (Å²) in [5.41, 5.74) is 4.55. The van der Waals surface area contributed by atoms with Crippen LogP contribution in [-0.4, -0.2) is 14.9 Å². The molecule has 29 heavy (non-hydrogen) atoms. The Hall–Kier alpha value is -3.41. The van der Waals surface area contributed by atoms with Crippen LogP contribution in [0.15, 0.2) is 59.5 Å². The molecule has 0 saturated carbocycles. The fourth-order valence-electron chi connectivity index (χ4n) is 3.82. The van der Waals surface area contributed by atoms with Crippen LogP contribution in [0.5, 0.6) is 0 Å². The summed E-state index contributed by atoms with van der Waals surface area (Å²) in [7, 11) is 0. The molecule has 0 bridgehead atoms. The largest absolute Gasteiger partial charge is 0.326 e. The first-order valence-corrected chi connectivity index (χ1v) is 9.60. The fourth-order valence-corrected chi connectivity index (χ4v) is 3.82. The standard InChI is InChI=1S/C23H22FN3O2/c1-15-11-16(2)13-18(12-15)25-22(28)6-4-10-27-21-14-17(24)7-8-19(21)26-9-3-5-20(26)23(27)29/h3,5,7-9,11-14H,4,6,10H2,1-2H3,(H,25,28). The van der Waals surface area contributed by atoms with Gasteiger partial charge in [-0.1, -0.05) is 6.07 Å². The summed E-state index contributed by atoms with van der Waals surface area (Å²) in [6, 6.07) is 13.8. The number of benzene rings is 2. The van der Waals surface area contributed by atoms with E-state index in [4.69, 9.17) is 0 Å². The van der Waals surface area contributed by atoms with Gasteiger partial charge in [0.2, 0.25) is 5.91 Å². The third-order valence-corrected chi connectivity index (χ3v) is 4.99. The highest BCUT2D eigenvalue weighted by atomic mass is 19.1. The molecule has 0 fully saturated rings. The Labute approximate surface area is 167 Å². The first kappa shape index (κ1) is 18.9. The monoisotopic (exact) mass is 391 g/mol. The highest BCUT2D eigenvalue weighted by Crippen LogP contribution is 2.18. The van der Waals surface area contributed by atoms with E-state index in [1.807, 2.05) is 32.0 Å². The molecule has 5 nitrogen and oxygen atoms in total. The van der Waals surface area contributed by atoms with Crippen molar-refractivity contribution in [3.63, 3.8) is 0 Å². The maximum absolute atomic E-state index is 13.8. The average Bonchev–Trinajstić information content (AvgIpc) is 3.13. The number of halogens is 1. The minimum atomic E-state index is -0.398. The Morgan fingerprint density at radius 1 is 1.00 bits per heavy atom. The maximum atomic E-state index is 13.8. The van der Waals surface area contributed by atoms with Crippen molar-refractivity contribution >= 4 is 28.1 Å². The Bertz CT molecular complexity index is 1270. The topological polar surface area (TPSA) is 55.5 Å². The van der Waals surface area contributed by atoms with E-state index in [-0.39, 0.29) is 17.9 Å². The van der Waals surface area contributed by atoms with Gasteiger partial charge < -0.3 is 14.3 Å². The summed E-state index contributed by atoms with van der Waals surface area (Å²) in [6.45, 7) is 4.30. The van der Waals surface area contributed by atoms with E-state index < -0.39 is 5.82 Å². The van der Waals surface area contributed by atoms with Crippen LogP contribution < -0.4 is 10.9 Å². The first-order chi connectivity index (χ1) is 13.9. The first-order valence-electron chi connectivity index (χ1n) is 9.60. The number of anilines is 1. The number of hydrogen-bond donors (Lipinski definition) is 1. The van der Waals surface area contributed by atoms with E-state index in [2.05, 4.69) is 5.32 Å². The minimum absolute atomic E-state index is 0.109. The van der Waals surface area contributed by atoms with Crippen molar-refractivity contribution < 1.29 is 9.18 Å². The summed E-state index contributed by atoms with van der Waals surface area (Å²) in [6.07, 6.45) is 2.53. The fraction of sp³-hybridized carbons (Fsp3) is 0.217. The van der Waals surface area contributed by atoms with Gasteiger partial charge in [0.15, 0.2) is 0 Å². The van der Waals surface area contributed by atoms with Gasteiger partial charge in [-0.2, -0.15) is 0 Å². The molecule has 4 aromatic rings. The van der Waals surface area contributed by atoms with Gasteiger partial charge in [-0.15, -0.1) is 0 Å². The van der Waals surface area contributed by atoms with E-state index in [1.165, 1.54) is 12.1 Å². The lowest BCUT2D eigenvalue weighted by atomic mass is 10.1. The van der Waals surface area contributed by atoms with Crippen LogP contribution in [0.25, 0.3) is 16.6 Å². The molecular weight excluding hydrogens is 369 g/mol. The van der Waals surface area contributed by atoms with Crippen molar-refractivity contribution in [1.29, 1.82) is 0 Å². The number of carbonyl (C=O) groups excluding carboxylic acids is 1. The van der Waals surface area contributed by atoms with E-state index in [0.717, 1.165) is 22.3 Å². The lowest BCUT2D eigenvalue weighted by molar-refractivity contribution is -0.116. The van der Waals surface area contributed by atoms with E-state index >= 15 is 0 Å². The second-order valence-electron chi connectivity index (χ2n) is 7.38. The van der Waals surface area contributed by atoms with Crippen LogP contribution in [0, 0.1) is 19.7 Å². The highest BCUT2D eigenvalue weighted by molar-refractivity contribution is 5.90. The van der Waals surface area contributed by atoms with Crippen molar-refractivity contribution in [1.82, 2.24) is 8.97 Å². The number of hydrogen-bond acceptors (Lipinski definition) is 2. The van der Waals surface area contributed by atoms with Gasteiger partial charge in [-0.25, -0.2) is 4.39 Å². The molecule has 4 rings (SSSR count). The van der Waals surface area contributed by atoms with Gasteiger partial charge in [0, 0.05) is 24.8 Å². The van der Waals surface area contributed by atoms with Crippen molar-refractivity contribution in [3.05, 3.63) is 82.0 Å². The van der Waals surface area contributed by atoms with E-state index in [1.54, 1.807) is 33.4 Å². The van der Waals surface area contributed by atoms with Crippen molar-refractivity contribution in [3.8, 4) is 0 Å². The molecule has 2 aromatic heterocycles. The Morgan fingerprint density at radius 2 is 1.76 bits per heavy atom. The molecule has 6 heteroatoms. The third-order valence-electron chi connectivity index (χ3n) is 4.99. The number of rotatable bonds is 5.